The molecule has 1 aromatic rings. The van der Waals surface area contributed by atoms with Crippen LogP contribution in [0.2, 0.25) is 0 Å². The van der Waals surface area contributed by atoms with Gasteiger partial charge in [0.15, 0.2) is 0 Å². The van der Waals surface area contributed by atoms with Crippen LogP contribution in [-0.4, -0.2) is 19.5 Å². The second kappa shape index (κ2) is 6.88. The molecule has 0 heterocycles. The van der Waals surface area contributed by atoms with Crippen LogP contribution in [0.15, 0.2) is 24.3 Å². The van der Waals surface area contributed by atoms with Gasteiger partial charge in [0, 0.05) is 18.9 Å². The largest absolute Gasteiger partial charge is 0.497 e. The van der Waals surface area contributed by atoms with Crippen molar-refractivity contribution in [3.8, 4) is 11.5 Å². The molecule has 0 atom stereocenters. The van der Waals surface area contributed by atoms with E-state index < -0.39 is 0 Å². The van der Waals surface area contributed by atoms with Crippen molar-refractivity contribution in [3.05, 3.63) is 24.3 Å². The highest BCUT2D eigenvalue weighted by molar-refractivity contribution is 5.77. The van der Waals surface area contributed by atoms with E-state index in [4.69, 9.17) is 9.47 Å². The third-order valence-electron chi connectivity index (χ3n) is 2.30. The predicted molar refractivity (Wildman–Crippen MR) is 63.0 cm³/mol. The van der Waals surface area contributed by atoms with Crippen molar-refractivity contribution in [2.45, 2.75) is 26.2 Å². The molecule has 0 amide bonds. The number of benzene rings is 1. The molecule has 0 aromatic heterocycles. The Hall–Kier alpha value is -1.51. The smallest absolute Gasteiger partial charge is 0.132 e. The number of ether oxygens (including phenoxy) is 2. The van der Waals surface area contributed by atoms with Gasteiger partial charge in [-0.05, 0) is 18.6 Å². The van der Waals surface area contributed by atoms with Gasteiger partial charge >= 0.3 is 0 Å². The molecule has 1 aromatic carbocycles. The van der Waals surface area contributed by atoms with Crippen LogP contribution in [0.4, 0.5) is 0 Å². The molecule has 3 nitrogen and oxygen atoms in total. The van der Waals surface area contributed by atoms with E-state index in [0.717, 1.165) is 17.9 Å². The molecule has 0 fully saturated rings. The standard InChI is InChI=1S/C13H18O3/c1-3-11(14)6-5-9-16-13-8-4-7-12(10-13)15-2/h4,7-8,10H,3,5-6,9H2,1-2H3. The van der Waals surface area contributed by atoms with E-state index in [1.807, 2.05) is 31.2 Å². The SMILES string of the molecule is CCC(=O)CCCOc1cccc(OC)c1. The molecule has 0 saturated heterocycles. The first kappa shape index (κ1) is 12.6. The highest BCUT2D eigenvalue weighted by Gasteiger charge is 1.99. The normalized spacial score (nSPS) is 9.88. The summed E-state index contributed by atoms with van der Waals surface area (Å²) in [5.41, 5.74) is 0. The first-order valence-corrected chi connectivity index (χ1v) is 5.54. The average molecular weight is 222 g/mol. The molecule has 0 spiro atoms. The molecule has 0 unspecified atom stereocenters. The third kappa shape index (κ3) is 4.34. The van der Waals surface area contributed by atoms with Gasteiger partial charge in [0.1, 0.15) is 17.3 Å². The average Bonchev–Trinajstić information content (AvgIpc) is 2.34. The molecule has 88 valence electrons. The molecule has 0 aliphatic rings. The number of carbonyl (C=O) groups is 1. The predicted octanol–water partition coefficient (Wildman–Crippen LogP) is 2.83. The molecule has 0 N–H and O–H groups in total. The second-order valence-corrected chi connectivity index (χ2v) is 3.52. The van der Waals surface area contributed by atoms with Gasteiger partial charge in [-0.3, -0.25) is 4.79 Å². The molecule has 3 heteroatoms. The van der Waals surface area contributed by atoms with Crippen LogP contribution >= 0.6 is 0 Å². The maximum absolute atomic E-state index is 11.0. The zero-order valence-corrected chi connectivity index (χ0v) is 9.86. The van der Waals surface area contributed by atoms with E-state index in [-0.39, 0.29) is 5.78 Å². The van der Waals surface area contributed by atoms with E-state index in [1.165, 1.54) is 0 Å². The first-order valence-electron chi connectivity index (χ1n) is 5.54. The Morgan fingerprint density at radius 1 is 1.31 bits per heavy atom. The van der Waals surface area contributed by atoms with Crippen molar-refractivity contribution in [3.63, 3.8) is 0 Å². The summed E-state index contributed by atoms with van der Waals surface area (Å²) < 4.78 is 10.6. The maximum atomic E-state index is 11.0. The number of Topliss-reactive ketones (excluding diaryl/α,β-unsaturated/α-hetero) is 1. The molecular weight excluding hydrogens is 204 g/mol. The molecule has 0 bridgehead atoms. The minimum atomic E-state index is 0.286. The van der Waals surface area contributed by atoms with Crippen LogP contribution in [0.25, 0.3) is 0 Å². The zero-order chi connectivity index (χ0) is 11.8. The van der Waals surface area contributed by atoms with Gasteiger partial charge in [-0.15, -0.1) is 0 Å². The molecule has 0 radical (unpaired) electrons. The minimum Gasteiger partial charge on any atom is -0.497 e. The van der Waals surface area contributed by atoms with Crippen molar-refractivity contribution in [1.82, 2.24) is 0 Å². The number of methoxy groups -OCH3 is 1. The van der Waals surface area contributed by atoms with Crippen molar-refractivity contribution < 1.29 is 14.3 Å². The number of hydrogen-bond donors (Lipinski definition) is 0. The zero-order valence-electron chi connectivity index (χ0n) is 9.86. The summed E-state index contributed by atoms with van der Waals surface area (Å²) >= 11 is 0. The number of hydrogen-bond acceptors (Lipinski definition) is 3. The molecular formula is C13H18O3. The topological polar surface area (TPSA) is 35.5 Å². The summed E-state index contributed by atoms with van der Waals surface area (Å²) in [5, 5.41) is 0. The van der Waals surface area contributed by atoms with Crippen molar-refractivity contribution >= 4 is 5.78 Å². The second-order valence-electron chi connectivity index (χ2n) is 3.52. The number of ketones is 1. The molecule has 0 aliphatic carbocycles. The van der Waals surface area contributed by atoms with E-state index >= 15 is 0 Å². The minimum absolute atomic E-state index is 0.286. The highest BCUT2D eigenvalue weighted by Crippen LogP contribution is 2.18. The Bertz CT molecular complexity index is 334. The number of rotatable bonds is 7. The summed E-state index contributed by atoms with van der Waals surface area (Å²) in [6, 6.07) is 7.46. The summed E-state index contributed by atoms with van der Waals surface area (Å²) in [6.07, 6.45) is 1.98. The van der Waals surface area contributed by atoms with Gasteiger partial charge in [-0.1, -0.05) is 13.0 Å². The van der Waals surface area contributed by atoms with Gasteiger partial charge in [0.25, 0.3) is 0 Å². The molecule has 0 aliphatic heterocycles. The summed E-state index contributed by atoms with van der Waals surface area (Å²) in [7, 11) is 1.62. The van der Waals surface area contributed by atoms with E-state index in [1.54, 1.807) is 7.11 Å². The molecule has 1 rings (SSSR count). The molecule has 0 saturated carbocycles. The van der Waals surface area contributed by atoms with Crippen molar-refractivity contribution in [1.29, 1.82) is 0 Å². The van der Waals surface area contributed by atoms with E-state index in [0.29, 0.717) is 19.4 Å². The lowest BCUT2D eigenvalue weighted by molar-refractivity contribution is -0.118. The first-order chi connectivity index (χ1) is 7.76. The Balaban J connectivity index is 2.28. The van der Waals surface area contributed by atoms with Crippen LogP contribution in [-0.2, 0) is 4.79 Å². The van der Waals surface area contributed by atoms with Crippen LogP contribution in [0, 0.1) is 0 Å². The van der Waals surface area contributed by atoms with Gasteiger partial charge in [0.2, 0.25) is 0 Å². The van der Waals surface area contributed by atoms with Crippen LogP contribution in [0.5, 0.6) is 11.5 Å². The quantitative estimate of drug-likeness (QED) is 0.665. The Morgan fingerprint density at radius 3 is 2.75 bits per heavy atom. The third-order valence-corrected chi connectivity index (χ3v) is 2.30. The van der Waals surface area contributed by atoms with Gasteiger partial charge in [0.05, 0.1) is 13.7 Å². The van der Waals surface area contributed by atoms with Gasteiger partial charge in [-0.25, -0.2) is 0 Å². The lowest BCUT2D eigenvalue weighted by Gasteiger charge is -2.07. The summed E-state index contributed by atoms with van der Waals surface area (Å²) in [5.74, 6) is 1.85. The fraction of sp³-hybridized carbons (Fsp3) is 0.462. The fourth-order valence-corrected chi connectivity index (χ4v) is 1.33. The Labute approximate surface area is 96.4 Å². The molecule has 16 heavy (non-hydrogen) atoms. The van der Waals surface area contributed by atoms with Crippen LogP contribution in [0.1, 0.15) is 26.2 Å². The monoisotopic (exact) mass is 222 g/mol. The van der Waals surface area contributed by atoms with Crippen molar-refractivity contribution in [2.75, 3.05) is 13.7 Å². The van der Waals surface area contributed by atoms with Gasteiger partial charge < -0.3 is 9.47 Å². The van der Waals surface area contributed by atoms with Gasteiger partial charge in [-0.2, -0.15) is 0 Å². The maximum Gasteiger partial charge on any atom is 0.132 e. The van der Waals surface area contributed by atoms with E-state index in [2.05, 4.69) is 0 Å². The lowest BCUT2D eigenvalue weighted by Crippen LogP contribution is -2.02. The number of carbonyl (C=O) groups excluding carboxylic acids is 1. The Morgan fingerprint density at radius 2 is 2.06 bits per heavy atom. The lowest BCUT2D eigenvalue weighted by atomic mass is 10.2. The Kier molecular flexibility index (Phi) is 5.40. The summed E-state index contributed by atoms with van der Waals surface area (Å²) in [4.78, 5) is 11.0. The van der Waals surface area contributed by atoms with Crippen molar-refractivity contribution in [2.24, 2.45) is 0 Å². The summed E-state index contributed by atoms with van der Waals surface area (Å²) in [6.45, 7) is 2.45. The highest BCUT2D eigenvalue weighted by atomic mass is 16.5. The fourth-order valence-electron chi connectivity index (χ4n) is 1.33. The van der Waals surface area contributed by atoms with E-state index in [9.17, 15) is 4.79 Å². The van der Waals surface area contributed by atoms with Crippen LogP contribution < -0.4 is 9.47 Å². The van der Waals surface area contributed by atoms with Crippen LogP contribution in [0.3, 0.4) is 0 Å².